The second-order valence-corrected chi connectivity index (χ2v) is 6.43. The van der Waals surface area contributed by atoms with Crippen LogP contribution in [0.25, 0.3) is 0 Å². The van der Waals surface area contributed by atoms with Gasteiger partial charge in [0, 0.05) is 9.92 Å². The van der Waals surface area contributed by atoms with Crippen molar-refractivity contribution in [1.82, 2.24) is 5.32 Å². The Hall–Kier alpha value is -1.45. The fourth-order valence-corrected chi connectivity index (χ4v) is 2.74. The van der Waals surface area contributed by atoms with Gasteiger partial charge in [0.25, 0.3) is 0 Å². The molecule has 0 aliphatic heterocycles. The van der Waals surface area contributed by atoms with Crippen LogP contribution in [0.3, 0.4) is 0 Å². The highest BCUT2D eigenvalue weighted by Crippen LogP contribution is 2.20. The molecule has 0 aliphatic rings. The molecule has 0 saturated carbocycles. The fourth-order valence-electron chi connectivity index (χ4n) is 1.90. The Labute approximate surface area is 134 Å². The van der Waals surface area contributed by atoms with E-state index in [1.54, 1.807) is 0 Å². The van der Waals surface area contributed by atoms with Crippen molar-refractivity contribution in [2.24, 2.45) is 0 Å². The van der Waals surface area contributed by atoms with E-state index in [4.69, 9.17) is 11.6 Å². The summed E-state index contributed by atoms with van der Waals surface area (Å²) in [5.41, 5.74) is 2.33. The van der Waals surface area contributed by atoms with Crippen LogP contribution in [0.4, 0.5) is 0 Å². The van der Waals surface area contributed by atoms with Crippen LogP contribution in [0.1, 0.15) is 24.1 Å². The number of hydrogen-bond acceptors (Lipinski definition) is 2. The number of benzene rings is 2. The molecule has 0 saturated heterocycles. The minimum absolute atomic E-state index is 0.0175. The summed E-state index contributed by atoms with van der Waals surface area (Å²) in [7, 11) is 0. The van der Waals surface area contributed by atoms with Gasteiger partial charge in [-0.2, -0.15) is 0 Å². The van der Waals surface area contributed by atoms with Crippen molar-refractivity contribution in [1.29, 1.82) is 0 Å². The molecule has 0 radical (unpaired) electrons. The van der Waals surface area contributed by atoms with Gasteiger partial charge in [-0.1, -0.05) is 41.4 Å². The van der Waals surface area contributed by atoms with Gasteiger partial charge >= 0.3 is 0 Å². The lowest BCUT2D eigenvalue weighted by atomic mass is 10.1. The van der Waals surface area contributed by atoms with E-state index in [0.717, 1.165) is 10.5 Å². The zero-order chi connectivity index (χ0) is 15.2. The molecule has 0 spiro atoms. The number of amides is 1. The Balaban J connectivity index is 1.83. The maximum Gasteiger partial charge on any atom is 0.230 e. The summed E-state index contributed by atoms with van der Waals surface area (Å²) in [6.45, 7) is 4.05. The minimum Gasteiger partial charge on any atom is -0.349 e. The number of nitrogens with one attached hydrogen (secondary N) is 1. The van der Waals surface area contributed by atoms with Crippen LogP contribution in [0.5, 0.6) is 0 Å². The van der Waals surface area contributed by atoms with Crippen molar-refractivity contribution >= 4 is 29.3 Å². The van der Waals surface area contributed by atoms with Gasteiger partial charge < -0.3 is 5.32 Å². The quantitative estimate of drug-likeness (QED) is 0.815. The van der Waals surface area contributed by atoms with E-state index in [-0.39, 0.29) is 11.9 Å². The molecule has 0 bridgehead atoms. The van der Waals surface area contributed by atoms with Gasteiger partial charge in [0.15, 0.2) is 0 Å². The third-order valence-corrected chi connectivity index (χ3v) is 4.40. The molecule has 0 heterocycles. The second kappa shape index (κ2) is 7.53. The molecular weight excluding hydrogens is 302 g/mol. The number of carbonyl (C=O) groups is 1. The number of rotatable bonds is 5. The van der Waals surface area contributed by atoms with E-state index in [2.05, 4.69) is 24.4 Å². The summed E-state index contributed by atoms with van der Waals surface area (Å²) in [4.78, 5) is 13.0. The van der Waals surface area contributed by atoms with Gasteiger partial charge in [0.05, 0.1) is 11.8 Å². The maximum absolute atomic E-state index is 12.0. The number of hydrogen-bond donors (Lipinski definition) is 1. The van der Waals surface area contributed by atoms with Crippen LogP contribution < -0.4 is 5.32 Å². The zero-order valence-electron chi connectivity index (χ0n) is 12.1. The smallest absolute Gasteiger partial charge is 0.230 e. The predicted octanol–water partition coefficient (Wildman–Crippen LogP) is 4.62. The molecule has 2 aromatic carbocycles. The molecule has 0 aromatic heterocycles. The third kappa shape index (κ3) is 5.10. The first-order valence-corrected chi connectivity index (χ1v) is 8.15. The van der Waals surface area contributed by atoms with Crippen molar-refractivity contribution in [3.05, 3.63) is 64.7 Å². The van der Waals surface area contributed by atoms with Crippen LogP contribution in [-0.4, -0.2) is 11.7 Å². The van der Waals surface area contributed by atoms with Gasteiger partial charge in [0.1, 0.15) is 0 Å². The molecule has 4 heteroatoms. The molecule has 2 nitrogen and oxygen atoms in total. The zero-order valence-corrected chi connectivity index (χ0v) is 13.7. The van der Waals surface area contributed by atoms with Crippen molar-refractivity contribution in [2.75, 3.05) is 5.75 Å². The Morgan fingerprint density at radius 1 is 1.14 bits per heavy atom. The summed E-state index contributed by atoms with van der Waals surface area (Å²) < 4.78 is 0. The topological polar surface area (TPSA) is 29.1 Å². The molecule has 2 rings (SSSR count). The molecule has 21 heavy (non-hydrogen) atoms. The van der Waals surface area contributed by atoms with E-state index in [1.807, 2.05) is 43.3 Å². The minimum atomic E-state index is 0.0175. The molecule has 0 fully saturated rings. The van der Waals surface area contributed by atoms with Gasteiger partial charge in [-0.25, -0.2) is 0 Å². The van der Waals surface area contributed by atoms with Crippen LogP contribution in [-0.2, 0) is 4.79 Å². The van der Waals surface area contributed by atoms with Crippen molar-refractivity contribution < 1.29 is 4.79 Å². The predicted molar refractivity (Wildman–Crippen MR) is 89.9 cm³/mol. The first-order valence-electron chi connectivity index (χ1n) is 6.79. The first-order chi connectivity index (χ1) is 10.0. The van der Waals surface area contributed by atoms with Crippen LogP contribution >= 0.6 is 23.4 Å². The van der Waals surface area contributed by atoms with Crippen molar-refractivity contribution in [3.8, 4) is 0 Å². The monoisotopic (exact) mass is 319 g/mol. The third-order valence-electron chi connectivity index (χ3n) is 3.14. The second-order valence-electron chi connectivity index (χ2n) is 4.94. The van der Waals surface area contributed by atoms with Gasteiger partial charge in [0.2, 0.25) is 5.91 Å². The Bertz CT molecular complexity index is 595. The average molecular weight is 320 g/mol. The molecular formula is C17H18ClNOS. The SMILES string of the molecule is Cc1ccc([C@H](C)NC(=O)CSc2ccc(Cl)cc2)cc1. The van der Waals surface area contributed by atoms with E-state index in [0.29, 0.717) is 10.8 Å². The Morgan fingerprint density at radius 2 is 1.76 bits per heavy atom. The Morgan fingerprint density at radius 3 is 2.38 bits per heavy atom. The lowest BCUT2D eigenvalue weighted by Gasteiger charge is -2.14. The lowest BCUT2D eigenvalue weighted by Crippen LogP contribution is -2.28. The standard InChI is InChI=1S/C17H18ClNOS/c1-12-3-5-14(6-4-12)13(2)19-17(20)11-21-16-9-7-15(18)8-10-16/h3-10,13H,11H2,1-2H3,(H,19,20)/t13-/m0/s1. The molecule has 2 aromatic rings. The van der Waals surface area contributed by atoms with Crippen LogP contribution in [0.2, 0.25) is 5.02 Å². The van der Waals surface area contributed by atoms with Gasteiger partial charge in [-0.15, -0.1) is 11.8 Å². The van der Waals surface area contributed by atoms with Gasteiger partial charge in [-0.3, -0.25) is 4.79 Å². The summed E-state index contributed by atoms with van der Waals surface area (Å²) in [5, 5.41) is 3.72. The normalized spacial score (nSPS) is 12.0. The summed E-state index contributed by atoms with van der Waals surface area (Å²) in [6, 6.07) is 15.7. The summed E-state index contributed by atoms with van der Waals surface area (Å²) in [6.07, 6.45) is 0. The Kier molecular flexibility index (Phi) is 5.71. The summed E-state index contributed by atoms with van der Waals surface area (Å²) >= 11 is 7.34. The van der Waals surface area contributed by atoms with E-state index in [1.165, 1.54) is 17.3 Å². The largest absolute Gasteiger partial charge is 0.349 e. The number of halogens is 1. The first kappa shape index (κ1) is 15.9. The van der Waals surface area contributed by atoms with E-state index < -0.39 is 0 Å². The van der Waals surface area contributed by atoms with E-state index in [9.17, 15) is 4.79 Å². The fraction of sp³-hybridized carbons (Fsp3) is 0.235. The van der Waals surface area contributed by atoms with E-state index >= 15 is 0 Å². The summed E-state index contributed by atoms with van der Waals surface area (Å²) in [5.74, 6) is 0.431. The molecule has 1 N–H and O–H groups in total. The molecule has 1 amide bonds. The highest BCUT2D eigenvalue weighted by molar-refractivity contribution is 8.00. The molecule has 110 valence electrons. The van der Waals surface area contributed by atoms with Crippen molar-refractivity contribution in [2.45, 2.75) is 24.8 Å². The number of aryl methyl sites for hydroxylation is 1. The maximum atomic E-state index is 12.0. The molecule has 0 unspecified atom stereocenters. The highest BCUT2D eigenvalue weighted by atomic mass is 35.5. The van der Waals surface area contributed by atoms with Gasteiger partial charge in [-0.05, 0) is 43.7 Å². The lowest BCUT2D eigenvalue weighted by molar-refractivity contribution is -0.119. The highest BCUT2D eigenvalue weighted by Gasteiger charge is 2.09. The van der Waals surface area contributed by atoms with Crippen molar-refractivity contribution in [3.63, 3.8) is 0 Å². The van der Waals surface area contributed by atoms with Crippen LogP contribution in [0.15, 0.2) is 53.4 Å². The molecule has 1 atom stereocenters. The molecule has 0 aliphatic carbocycles. The average Bonchev–Trinajstić information content (AvgIpc) is 2.47. The number of carbonyl (C=O) groups excluding carboxylic acids is 1. The van der Waals surface area contributed by atoms with Crippen LogP contribution in [0, 0.1) is 6.92 Å². The number of thioether (sulfide) groups is 1.